The van der Waals surface area contributed by atoms with Gasteiger partial charge in [-0.15, -0.1) is 0 Å². The zero-order chi connectivity index (χ0) is 18.0. The fourth-order valence-corrected chi connectivity index (χ4v) is 3.57. The van der Waals surface area contributed by atoms with E-state index in [1.165, 1.54) is 11.1 Å². The highest BCUT2D eigenvalue weighted by Crippen LogP contribution is 2.30. The Bertz CT molecular complexity index is 730. The minimum atomic E-state index is -0.00123. The molecule has 1 aliphatic rings. The van der Waals surface area contributed by atoms with Gasteiger partial charge in [0.2, 0.25) is 5.91 Å². The molecule has 1 aliphatic heterocycles. The van der Waals surface area contributed by atoms with E-state index in [1.807, 2.05) is 29.9 Å². The van der Waals surface area contributed by atoms with E-state index in [0.29, 0.717) is 13.0 Å². The molecule has 3 rings (SSSR count). The largest absolute Gasteiger partial charge is 0.355 e. The van der Waals surface area contributed by atoms with Crippen molar-refractivity contribution >= 4 is 5.91 Å². The van der Waals surface area contributed by atoms with Crippen LogP contribution < -0.4 is 5.32 Å². The van der Waals surface area contributed by atoms with Crippen molar-refractivity contribution in [1.29, 1.82) is 0 Å². The molecule has 1 aromatic heterocycles. The lowest BCUT2D eigenvalue weighted by Gasteiger charge is -2.30. The summed E-state index contributed by atoms with van der Waals surface area (Å²) in [5, 5.41) is 7.70. The van der Waals surface area contributed by atoms with Gasteiger partial charge in [0.1, 0.15) is 0 Å². The van der Waals surface area contributed by atoms with Crippen LogP contribution in [-0.4, -0.2) is 33.7 Å². The Kier molecular flexibility index (Phi) is 4.95. The first-order chi connectivity index (χ1) is 11.8. The Morgan fingerprint density at radius 2 is 1.96 bits per heavy atom. The molecule has 5 nitrogen and oxygen atoms in total. The van der Waals surface area contributed by atoms with Crippen molar-refractivity contribution in [3.05, 3.63) is 53.3 Å². The van der Waals surface area contributed by atoms with E-state index in [1.54, 1.807) is 0 Å². The van der Waals surface area contributed by atoms with Gasteiger partial charge in [-0.3, -0.25) is 14.4 Å². The van der Waals surface area contributed by atoms with Gasteiger partial charge >= 0.3 is 0 Å². The lowest BCUT2D eigenvalue weighted by molar-refractivity contribution is -0.121. The van der Waals surface area contributed by atoms with Crippen molar-refractivity contribution in [2.75, 3.05) is 13.1 Å². The van der Waals surface area contributed by atoms with Gasteiger partial charge in [0.05, 0.1) is 5.69 Å². The molecule has 0 radical (unpaired) electrons. The molecule has 1 saturated heterocycles. The second-order valence-electron chi connectivity index (χ2n) is 7.88. The zero-order valence-corrected chi connectivity index (χ0v) is 15.6. The van der Waals surface area contributed by atoms with Gasteiger partial charge in [-0.05, 0) is 5.56 Å². The lowest BCUT2D eigenvalue weighted by Crippen LogP contribution is -2.31. The molecule has 0 bridgehead atoms. The van der Waals surface area contributed by atoms with Gasteiger partial charge in [-0.2, -0.15) is 5.10 Å². The van der Waals surface area contributed by atoms with Crippen LogP contribution in [0.3, 0.4) is 0 Å². The third-order valence-corrected chi connectivity index (χ3v) is 4.71. The standard InChI is InChI=1S/C20H28N4O/c1-20(2,3)19-16(13-23(4)22-19)14-24-11-10-21-18(25)12-17(24)15-8-6-5-7-9-15/h5-9,13,17H,10-12,14H2,1-4H3,(H,21,25)/t17-/m0/s1. The van der Waals surface area contributed by atoms with Crippen LogP contribution in [0.2, 0.25) is 0 Å². The van der Waals surface area contributed by atoms with E-state index in [2.05, 4.69) is 49.3 Å². The number of amides is 1. The highest BCUT2D eigenvalue weighted by Gasteiger charge is 2.29. The number of nitrogens with one attached hydrogen (secondary N) is 1. The smallest absolute Gasteiger partial charge is 0.221 e. The molecule has 25 heavy (non-hydrogen) atoms. The summed E-state index contributed by atoms with van der Waals surface area (Å²) in [5.41, 5.74) is 3.56. The fourth-order valence-electron chi connectivity index (χ4n) is 3.57. The van der Waals surface area contributed by atoms with Crippen LogP contribution in [0.5, 0.6) is 0 Å². The van der Waals surface area contributed by atoms with Crippen LogP contribution in [0.15, 0.2) is 36.5 Å². The summed E-state index contributed by atoms with van der Waals surface area (Å²) >= 11 is 0. The van der Waals surface area contributed by atoms with Crippen molar-refractivity contribution in [1.82, 2.24) is 20.0 Å². The first-order valence-corrected chi connectivity index (χ1v) is 8.93. The SMILES string of the molecule is Cn1cc(CN2CCNC(=O)C[C@H]2c2ccccc2)c(C(C)(C)C)n1. The van der Waals surface area contributed by atoms with E-state index in [-0.39, 0.29) is 17.4 Å². The highest BCUT2D eigenvalue weighted by molar-refractivity contribution is 5.77. The Hall–Kier alpha value is -2.14. The van der Waals surface area contributed by atoms with Gasteiger partial charge in [0.15, 0.2) is 0 Å². The summed E-state index contributed by atoms with van der Waals surface area (Å²) < 4.78 is 1.90. The van der Waals surface area contributed by atoms with Crippen LogP contribution in [0.1, 0.15) is 50.1 Å². The molecule has 0 saturated carbocycles. The normalized spacial score (nSPS) is 19.5. The van der Waals surface area contributed by atoms with Gasteiger partial charge in [0, 0.05) is 56.3 Å². The number of aryl methyl sites for hydroxylation is 1. The van der Waals surface area contributed by atoms with Crippen molar-refractivity contribution in [3.8, 4) is 0 Å². The molecule has 0 aliphatic carbocycles. The molecule has 5 heteroatoms. The summed E-state index contributed by atoms with van der Waals surface area (Å²) in [6.07, 6.45) is 2.61. The Morgan fingerprint density at radius 3 is 2.64 bits per heavy atom. The molecular weight excluding hydrogens is 312 g/mol. The molecule has 1 atom stereocenters. The summed E-state index contributed by atoms with van der Waals surface area (Å²) in [6, 6.07) is 10.4. The number of carbonyl (C=O) groups excluding carboxylic acids is 1. The van der Waals surface area contributed by atoms with Crippen LogP contribution in [0.4, 0.5) is 0 Å². The van der Waals surface area contributed by atoms with Gasteiger partial charge in [-0.25, -0.2) is 0 Å². The summed E-state index contributed by atoms with van der Waals surface area (Å²) in [4.78, 5) is 14.5. The average molecular weight is 340 g/mol. The van der Waals surface area contributed by atoms with Crippen molar-refractivity contribution in [2.45, 2.75) is 45.2 Å². The van der Waals surface area contributed by atoms with Crippen LogP contribution >= 0.6 is 0 Å². The maximum absolute atomic E-state index is 12.1. The third kappa shape index (κ3) is 4.10. The fraction of sp³-hybridized carbons (Fsp3) is 0.500. The summed E-state index contributed by atoms with van der Waals surface area (Å²) in [6.45, 7) is 8.91. The second-order valence-corrected chi connectivity index (χ2v) is 7.88. The van der Waals surface area contributed by atoms with Gasteiger partial charge in [0.25, 0.3) is 0 Å². The summed E-state index contributed by atoms with van der Waals surface area (Å²) in [7, 11) is 1.97. The molecular formula is C20H28N4O. The Balaban J connectivity index is 1.92. The number of hydrogen-bond donors (Lipinski definition) is 1. The molecule has 2 aromatic rings. The van der Waals surface area contributed by atoms with Crippen molar-refractivity contribution in [3.63, 3.8) is 0 Å². The van der Waals surface area contributed by atoms with E-state index >= 15 is 0 Å². The number of nitrogens with zero attached hydrogens (tertiary/aromatic N) is 3. The number of hydrogen-bond acceptors (Lipinski definition) is 3. The van der Waals surface area contributed by atoms with Crippen LogP contribution in [0.25, 0.3) is 0 Å². The molecule has 0 spiro atoms. The number of rotatable bonds is 3. The maximum Gasteiger partial charge on any atom is 0.221 e. The quantitative estimate of drug-likeness (QED) is 0.935. The number of aromatic nitrogens is 2. The van der Waals surface area contributed by atoms with E-state index in [4.69, 9.17) is 5.10 Å². The zero-order valence-electron chi connectivity index (χ0n) is 15.6. The second kappa shape index (κ2) is 7.00. The minimum Gasteiger partial charge on any atom is -0.355 e. The Morgan fingerprint density at radius 1 is 1.24 bits per heavy atom. The molecule has 0 unspecified atom stereocenters. The first-order valence-electron chi connectivity index (χ1n) is 8.93. The molecule has 134 valence electrons. The topological polar surface area (TPSA) is 50.2 Å². The molecule has 2 heterocycles. The molecule has 1 amide bonds. The van der Waals surface area contributed by atoms with E-state index in [9.17, 15) is 4.79 Å². The number of benzene rings is 1. The third-order valence-electron chi connectivity index (χ3n) is 4.71. The van der Waals surface area contributed by atoms with E-state index < -0.39 is 0 Å². The molecule has 1 fully saturated rings. The van der Waals surface area contributed by atoms with E-state index in [0.717, 1.165) is 18.8 Å². The Labute approximate surface area is 150 Å². The van der Waals surface area contributed by atoms with Gasteiger partial charge < -0.3 is 5.32 Å². The van der Waals surface area contributed by atoms with Crippen LogP contribution in [0, 0.1) is 0 Å². The average Bonchev–Trinajstić information content (AvgIpc) is 2.83. The molecule has 1 N–H and O–H groups in total. The minimum absolute atomic E-state index is 0.00123. The van der Waals surface area contributed by atoms with Gasteiger partial charge in [-0.1, -0.05) is 51.1 Å². The summed E-state index contributed by atoms with van der Waals surface area (Å²) in [5.74, 6) is 0.124. The van der Waals surface area contributed by atoms with Crippen molar-refractivity contribution in [2.24, 2.45) is 7.05 Å². The maximum atomic E-state index is 12.1. The molecule has 1 aromatic carbocycles. The predicted octanol–water partition coefficient (Wildman–Crippen LogP) is 2.78. The van der Waals surface area contributed by atoms with Crippen LogP contribution in [-0.2, 0) is 23.8 Å². The lowest BCUT2D eigenvalue weighted by atomic mass is 9.89. The highest BCUT2D eigenvalue weighted by atomic mass is 16.1. The van der Waals surface area contributed by atoms with Crippen molar-refractivity contribution < 1.29 is 4.79 Å². The monoisotopic (exact) mass is 340 g/mol. The number of carbonyl (C=O) groups is 1. The predicted molar refractivity (Wildman–Crippen MR) is 99.1 cm³/mol. The first kappa shape index (κ1) is 17.7.